The third-order valence-electron chi connectivity index (χ3n) is 4.51. The van der Waals surface area contributed by atoms with Gasteiger partial charge in [-0.15, -0.1) is 0 Å². The lowest BCUT2D eigenvalue weighted by Crippen LogP contribution is -2.47. The second kappa shape index (κ2) is 11.2. The number of aliphatic carboxylic acids is 2. The van der Waals surface area contributed by atoms with E-state index >= 15 is 0 Å². The predicted octanol–water partition coefficient (Wildman–Crippen LogP) is 2.81. The van der Waals surface area contributed by atoms with Gasteiger partial charge in [0.2, 0.25) is 0 Å². The van der Waals surface area contributed by atoms with Crippen LogP contribution in [-0.4, -0.2) is 77.8 Å². The summed E-state index contributed by atoms with van der Waals surface area (Å²) in [4.78, 5) is 23.2. The second-order valence-electron chi connectivity index (χ2n) is 7.63. The monoisotopic (exact) mass is 414 g/mol. The highest BCUT2D eigenvalue weighted by molar-refractivity contribution is 6.30. The first-order valence-electron chi connectivity index (χ1n) is 9.38. The Kier molecular flexibility index (Phi) is 9.72. The number of likely N-dealkylation sites (N-methyl/N-ethyl adjacent to an activating group) is 1. The average Bonchev–Trinajstić information content (AvgIpc) is 2.63. The van der Waals surface area contributed by atoms with E-state index in [-0.39, 0.29) is 5.41 Å². The molecule has 0 atom stereocenters. The van der Waals surface area contributed by atoms with Crippen molar-refractivity contribution >= 4 is 23.5 Å². The average molecular weight is 415 g/mol. The number of piperazine rings is 1. The van der Waals surface area contributed by atoms with Crippen LogP contribution in [0.15, 0.2) is 18.2 Å². The second-order valence-corrected chi connectivity index (χ2v) is 8.06. The molecule has 0 aromatic heterocycles. The number of benzene rings is 1. The molecule has 7 nitrogen and oxygen atoms in total. The standard InChI is InChI=1S/C18H29ClN2O.C2H2O4/c1-5-20-8-10-21(11-9-20)12-13-22-17-7-6-15(19)14-16(17)18(2,3)4;3-1(4)2(5)6/h6-7,14H,5,8-13H2,1-4H3;(H,3,4)(H,5,6). The molecule has 8 heteroatoms. The smallest absolute Gasteiger partial charge is 0.414 e. The van der Waals surface area contributed by atoms with Gasteiger partial charge in [0.15, 0.2) is 0 Å². The van der Waals surface area contributed by atoms with Crippen molar-refractivity contribution in [2.24, 2.45) is 0 Å². The molecule has 0 spiro atoms. The molecule has 2 rings (SSSR count). The zero-order chi connectivity index (χ0) is 21.3. The Hall–Kier alpha value is -1.83. The van der Waals surface area contributed by atoms with E-state index in [1.165, 1.54) is 18.7 Å². The predicted molar refractivity (Wildman–Crippen MR) is 109 cm³/mol. The lowest BCUT2D eigenvalue weighted by Gasteiger charge is -2.34. The van der Waals surface area contributed by atoms with Gasteiger partial charge in [-0.2, -0.15) is 0 Å². The molecule has 1 heterocycles. The summed E-state index contributed by atoms with van der Waals surface area (Å²) < 4.78 is 6.06. The number of halogens is 1. The van der Waals surface area contributed by atoms with E-state index in [1.54, 1.807) is 0 Å². The van der Waals surface area contributed by atoms with Gasteiger partial charge in [-0.1, -0.05) is 39.3 Å². The van der Waals surface area contributed by atoms with E-state index < -0.39 is 11.9 Å². The summed E-state index contributed by atoms with van der Waals surface area (Å²) in [5, 5.41) is 15.6. The Bertz CT molecular complexity index is 640. The maximum atomic E-state index is 9.10. The molecule has 0 saturated carbocycles. The number of carboxylic acid groups (broad SMARTS) is 2. The summed E-state index contributed by atoms with van der Waals surface area (Å²) in [6.45, 7) is 16.3. The fourth-order valence-electron chi connectivity index (χ4n) is 2.83. The largest absolute Gasteiger partial charge is 0.492 e. The Morgan fingerprint density at radius 3 is 2.07 bits per heavy atom. The summed E-state index contributed by atoms with van der Waals surface area (Å²) in [5.41, 5.74) is 1.21. The van der Waals surface area contributed by atoms with Crippen molar-refractivity contribution in [3.63, 3.8) is 0 Å². The van der Waals surface area contributed by atoms with Gasteiger partial charge in [0.05, 0.1) is 0 Å². The van der Waals surface area contributed by atoms with Crippen molar-refractivity contribution < 1.29 is 24.5 Å². The molecule has 1 fully saturated rings. The number of carbonyl (C=O) groups is 2. The summed E-state index contributed by atoms with van der Waals surface area (Å²) in [6, 6.07) is 5.93. The zero-order valence-electron chi connectivity index (χ0n) is 17.1. The molecular formula is C20H31ClN2O5. The maximum absolute atomic E-state index is 9.10. The summed E-state index contributed by atoms with van der Waals surface area (Å²) in [6.07, 6.45) is 0. The van der Waals surface area contributed by atoms with Crippen LogP contribution >= 0.6 is 11.6 Å². The molecule has 1 aliphatic heterocycles. The Morgan fingerprint density at radius 1 is 1.07 bits per heavy atom. The van der Waals surface area contributed by atoms with Crippen LogP contribution in [0.2, 0.25) is 5.02 Å². The highest BCUT2D eigenvalue weighted by Crippen LogP contribution is 2.33. The molecule has 28 heavy (non-hydrogen) atoms. The van der Waals surface area contributed by atoms with Gasteiger partial charge in [-0.05, 0) is 30.2 Å². The van der Waals surface area contributed by atoms with Crippen LogP contribution in [0.1, 0.15) is 33.3 Å². The van der Waals surface area contributed by atoms with Crippen molar-refractivity contribution in [2.45, 2.75) is 33.1 Å². The molecule has 0 unspecified atom stereocenters. The van der Waals surface area contributed by atoms with Crippen molar-refractivity contribution in [1.29, 1.82) is 0 Å². The van der Waals surface area contributed by atoms with Crippen LogP contribution in [0.25, 0.3) is 0 Å². The Labute approximate surface area is 171 Å². The van der Waals surface area contributed by atoms with Crippen LogP contribution in [0.5, 0.6) is 5.75 Å². The molecule has 1 aliphatic rings. The van der Waals surface area contributed by atoms with E-state index in [0.29, 0.717) is 0 Å². The van der Waals surface area contributed by atoms with Crippen molar-refractivity contribution in [2.75, 3.05) is 45.9 Å². The molecule has 2 N–H and O–H groups in total. The lowest BCUT2D eigenvalue weighted by atomic mass is 9.86. The fourth-order valence-corrected chi connectivity index (χ4v) is 3.00. The number of ether oxygens (including phenoxy) is 1. The highest BCUT2D eigenvalue weighted by Gasteiger charge is 2.20. The topological polar surface area (TPSA) is 90.3 Å². The minimum Gasteiger partial charge on any atom is -0.492 e. The molecule has 0 aliphatic carbocycles. The van der Waals surface area contributed by atoms with Crippen molar-refractivity contribution in [3.8, 4) is 5.75 Å². The number of hydrogen-bond acceptors (Lipinski definition) is 5. The molecule has 1 aromatic carbocycles. The van der Waals surface area contributed by atoms with Crippen LogP contribution in [0.3, 0.4) is 0 Å². The van der Waals surface area contributed by atoms with Gasteiger partial charge in [0, 0.05) is 43.3 Å². The number of carboxylic acids is 2. The van der Waals surface area contributed by atoms with Crippen LogP contribution < -0.4 is 4.74 Å². The number of rotatable bonds is 5. The highest BCUT2D eigenvalue weighted by atomic mass is 35.5. The van der Waals surface area contributed by atoms with Crippen LogP contribution in [0.4, 0.5) is 0 Å². The first-order valence-corrected chi connectivity index (χ1v) is 9.76. The fraction of sp³-hybridized carbons (Fsp3) is 0.600. The number of hydrogen-bond donors (Lipinski definition) is 2. The van der Waals surface area contributed by atoms with E-state index in [4.69, 9.17) is 36.1 Å². The Morgan fingerprint density at radius 2 is 1.61 bits per heavy atom. The van der Waals surface area contributed by atoms with Gasteiger partial charge >= 0.3 is 11.9 Å². The molecular weight excluding hydrogens is 384 g/mol. The van der Waals surface area contributed by atoms with Gasteiger partial charge < -0.3 is 19.8 Å². The molecule has 0 radical (unpaired) electrons. The molecule has 158 valence electrons. The van der Waals surface area contributed by atoms with E-state index in [9.17, 15) is 0 Å². The van der Waals surface area contributed by atoms with Crippen molar-refractivity contribution in [3.05, 3.63) is 28.8 Å². The molecule has 1 saturated heterocycles. The minimum atomic E-state index is -1.82. The van der Waals surface area contributed by atoms with Crippen LogP contribution in [0, 0.1) is 0 Å². The molecule has 1 aromatic rings. The van der Waals surface area contributed by atoms with Gasteiger partial charge in [-0.25, -0.2) is 9.59 Å². The third kappa shape index (κ3) is 8.46. The van der Waals surface area contributed by atoms with E-state index in [2.05, 4.69) is 37.5 Å². The molecule has 0 bridgehead atoms. The Balaban J connectivity index is 0.000000568. The van der Waals surface area contributed by atoms with Gasteiger partial charge in [0.25, 0.3) is 0 Å². The lowest BCUT2D eigenvalue weighted by molar-refractivity contribution is -0.159. The summed E-state index contributed by atoms with van der Waals surface area (Å²) in [7, 11) is 0. The van der Waals surface area contributed by atoms with Gasteiger partial charge in [0.1, 0.15) is 12.4 Å². The SMILES string of the molecule is CCN1CCN(CCOc2ccc(Cl)cc2C(C)(C)C)CC1.O=C(O)C(=O)O. The zero-order valence-corrected chi connectivity index (χ0v) is 17.8. The van der Waals surface area contributed by atoms with E-state index in [1.807, 2.05) is 18.2 Å². The van der Waals surface area contributed by atoms with E-state index in [0.717, 1.165) is 43.6 Å². The maximum Gasteiger partial charge on any atom is 0.414 e. The quantitative estimate of drug-likeness (QED) is 0.716. The van der Waals surface area contributed by atoms with Gasteiger partial charge in [-0.3, -0.25) is 4.90 Å². The summed E-state index contributed by atoms with van der Waals surface area (Å²) >= 11 is 6.14. The minimum absolute atomic E-state index is 0.0347. The first kappa shape index (κ1) is 24.2. The normalized spacial score (nSPS) is 15.5. The number of nitrogens with zero attached hydrogens (tertiary/aromatic N) is 2. The van der Waals surface area contributed by atoms with Crippen molar-refractivity contribution in [1.82, 2.24) is 9.80 Å². The molecule has 0 amide bonds. The third-order valence-corrected chi connectivity index (χ3v) is 4.74. The first-order chi connectivity index (χ1) is 13.0. The van der Waals surface area contributed by atoms with Crippen LogP contribution in [-0.2, 0) is 15.0 Å². The summed E-state index contributed by atoms with van der Waals surface area (Å²) in [5.74, 6) is -2.69.